The molecule has 0 spiro atoms. The first-order valence-electron chi connectivity index (χ1n) is 9.98. The number of aryl methyl sites for hydroxylation is 1. The molecule has 1 aliphatic rings. The molecular weight excluding hydrogens is 414 g/mol. The predicted octanol–water partition coefficient (Wildman–Crippen LogP) is 2.90. The monoisotopic (exact) mass is 439 g/mol. The number of nitro benzene ring substituents is 1. The Labute approximate surface area is 185 Å². The highest BCUT2D eigenvalue weighted by Crippen LogP contribution is 2.40. The van der Waals surface area contributed by atoms with Crippen LogP contribution in [0.5, 0.6) is 5.75 Å². The first-order valence-corrected chi connectivity index (χ1v) is 9.98. The Hall–Kier alpha value is -3.72. The van der Waals surface area contributed by atoms with Crippen molar-refractivity contribution in [2.24, 2.45) is 0 Å². The van der Waals surface area contributed by atoms with Gasteiger partial charge in [0.1, 0.15) is 11.5 Å². The minimum atomic E-state index is -0.948. The van der Waals surface area contributed by atoms with Crippen LogP contribution in [0.4, 0.5) is 5.69 Å². The standard InChI is InChI=1S/C23H25N3O6/c1-14-12-17(32-4)8-9-18(14)21(27)19-20(15-6-5-7-16(13-15)26(30)31)25(11-10-24(2)3)23(29)22(19)28/h5-9,12-13,20,27H,10-11H2,1-4H3/b21-19+/t20-/m1/s1. The van der Waals surface area contributed by atoms with Crippen LogP contribution in [0.2, 0.25) is 0 Å². The largest absolute Gasteiger partial charge is 0.507 e. The van der Waals surface area contributed by atoms with E-state index in [1.165, 1.54) is 30.2 Å². The van der Waals surface area contributed by atoms with Crippen LogP contribution in [0.1, 0.15) is 22.7 Å². The van der Waals surface area contributed by atoms with Gasteiger partial charge in [-0.1, -0.05) is 12.1 Å². The van der Waals surface area contributed by atoms with Crippen LogP contribution in [-0.2, 0) is 9.59 Å². The van der Waals surface area contributed by atoms with Crippen LogP contribution in [0.3, 0.4) is 0 Å². The number of rotatable bonds is 7. The number of hydrogen-bond donors (Lipinski definition) is 1. The van der Waals surface area contributed by atoms with Crippen LogP contribution >= 0.6 is 0 Å². The number of amides is 1. The van der Waals surface area contributed by atoms with E-state index in [-0.39, 0.29) is 23.6 Å². The Balaban J connectivity index is 2.20. The highest BCUT2D eigenvalue weighted by atomic mass is 16.6. The van der Waals surface area contributed by atoms with Crippen LogP contribution in [-0.4, -0.2) is 65.8 Å². The van der Waals surface area contributed by atoms with Gasteiger partial charge in [-0.15, -0.1) is 0 Å². The van der Waals surface area contributed by atoms with Crippen LogP contribution in [0, 0.1) is 17.0 Å². The summed E-state index contributed by atoms with van der Waals surface area (Å²) >= 11 is 0. The summed E-state index contributed by atoms with van der Waals surface area (Å²) in [7, 11) is 5.19. The Bertz CT molecular complexity index is 1110. The van der Waals surface area contributed by atoms with E-state index in [9.17, 15) is 24.8 Å². The molecule has 3 rings (SSSR count). The second-order valence-electron chi connectivity index (χ2n) is 7.83. The number of nitro groups is 1. The molecule has 0 unspecified atom stereocenters. The van der Waals surface area contributed by atoms with Crippen LogP contribution in [0.25, 0.3) is 5.76 Å². The van der Waals surface area contributed by atoms with Gasteiger partial charge in [-0.3, -0.25) is 19.7 Å². The lowest BCUT2D eigenvalue weighted by Crippen LogP contribution is -2.35. The average molecular weight is 439 g/mol. The number of methoxy groups -OCH3 is 1. The van der Waals surface area contributed by atoms with Gasteiger partial charge < -0.3 is 19.6 Å². The topological polar surface area (TPSA) is 113 Å². The van der Waals surface area contributed by atoms with Gasteiger partial charge >= 0.3 is 0 Å². The zero-order valence-electron chi connectivity index (χ0n) is 18.4. The summed E-state index contributed by atoms with van der Waals surface area (Å²) in [6.07, 6.45) is 0. The van der Waals surface area contributed by atoms with Gasteiger partial charge in [0.2, 0.25) is 0 Å². The number of ketones is 1. The summed E-state index contributed by atoms with van der Waals surface area (Å²) in [6, 6.07) is 9.79. The molecule has 1 heterocycles. The number of ether oxygens (including phenoxy) is 1. The van der Waals surface area contributed by atoms with Crippen LogP contribution in [0.15, 0.2) is 48.0 Å². The predicted molar refractivity (Wildman–Crippen MR) is 118 cm³/mol. The number of Topliss-reactive ketones (excluding diaryl/α,β-unsaturated/α-hetero) is 1. The molecule has 1 fully saturated rings. The third-order valence-electron chi connectivity index (χ3n) is 5.41. The number of carbonyl (C=O) groups is 2. The molecule has 1 amide bonds. The zero-order chi connectivity index (χ0) is 23.6. The zero-order valence-corrected chi connectivity index (χ0v) is 18.4. The first-order chi connectivity index (χ1) is 15.1. The smallest absolute Gasteiger partial charge is 0.295 e. The van der Waals surface area contributed by atoms with Gasteiger partial charge in [-0.05, 0) is 50.3 Å². The molecule has 0 bridgehead atoms. The van der Waals surface area contributed by atoms with Gasteiger partial charge in [-0.25, -0.2) is 0 Å². The van der Waals surface area contributed by atoms with Gasteiger partial charge in [0.15, 0.2) is 0 Å². The second-order valence-corrected chi connectivity index (χ2v) is 7.83. The van der Waals surface area contributed by atoms with Crippen molar-refractivity contribution in [2.75, 3.05) is 34.3 Å². The summed E-state index contributed by atoms with van der Waals surface area (Å²) in [5.41, 5.74) is 1.15. The Kier molecular flexibility index (Phi) is 6.59. The molecule has 0 aliphatic carbocycles. The number of benzene rings is 2. The average Bonchev–Trinajstić information content (AvgIpc) is 3.01. The Morgan fingerprint density at radius 3 is 2.53 bits per heavy atom. The molecule has 168 valence electrons. The molecule has 1 N–H and O–H groups in total. The maximum absolute atomic E-state index is 13.0. The molecular formula is C23H25N3O6. The van der Waals surface area contributed by atoms with Gasteiger partial charge in [0.25, 0.3) is 17.4 Å². The minimum Gasteiger partial charge on any atom is -0.507 e. The molecule has 0 aromatic heterocycles. The minimum absolute atomic E-state index is 0.0949. The molecule has 32 heavy (non-hydrogen) atoms. The fourth-order valence-corrected chi connectivity index (χ4v) is 3.75. The summed E-state index contributed by atoms with van der Waals surface area (Å²) in [5, 5.41) is 22.5. The molecule has 0 radical (unpaired) electrons. The number of likely N-dealkylation sites (tertiary alicyclic amines) is 1. The van der Waals surface area contributed by atoms with E-state index in [0.717, 1.165) is 0 Å². The van der Waals surface area contributed by atoms with E-state index in [1.807, 2.05) is 19.0 Å². The van der Waals surface area contributed by atoms with Crippen molar-refractivity contribution < 1.29 is 24.4 Å². The molecule has 1 saturated heterocycles. The maximum Gasteiger partial charge on any atom is 0.295 e. The molecule has 1 atom stereocenters. The lowest BCUT2D eigenvalue weighted by atomic mass is 9.93. The highest BCUT2D eigenvalue weighted by Gasteiger charge is 2.46. The normalized spacial score (nSPS) is 17.8. The third kappa shape index (κ3) is 4.33. The van der Waals surface area contributed by atoms with Crippen LogP contribution < -0.4 is 4.74 Å². The highest BCUT2D eigenvalue weighted by molar-refractivity contribution is 6.46. The van der Waals surface area contributed by atoms with Crippen molar-refractivity contribution in [2.45, 2.75) is 13.0 Å². The van der Waals surface area contributed by atoms with E-state index < -0.39 is 22.7 Å². The number of carbonyl (C=O) groups excluding carboxylic acids is 2. The maximum atomic E-state index is 13.0. The quantitative estimate of drug-likeness (QED) is 0.232. The molecule has 2 aromatic carbocycles. The fourth-order valence-electron chi connectivity index (χ4n) is 3.75. The first kappa shape index (κ1) is 23.0. The van der Waals surface area contributed by atoms with Gasteiger partial charge in [0, 0.05) is 30.8 Å². The molecule has 2 aromatic rings. The lowest BCUT2D eigenvalue weighted by Gasteiger charge is -2.26. The number of hydrogen-bond acceptors (Lipinski definition) is 7. The lowest BCUT2D eigenvalue weighted by molar-refractivity contribution is -0.384. The summed E-state index contributed by atoms with van der Waals surface area (Å²) < 4.78 is 5.20. The van der Waals surface area contributed by atoms with E-state index in [1.54, 1.807) is 31.2 Å². The number of likely N-dealkylation sites (N-methyl/N-ethyl adjacent to an activating group) is 1. The summed E-state index contributed by atoms with van der Waals surface area (Å²) in [4.78, 5) is 39.9. The van der Waals surface area contributed by atoms with Crippen molar-refractivity contribution >= 4 is 23.1 Å². The molecule has 0 saturated carbocycles. The van der Waals surface area contributed by atoms with E-state index in [0.29, 0.717) is 29.0 Å². The van der Waals surface area contributed by atoms with Crippen molar-refractivity contribution in [3.8, 4) is 5.75 Å². The van der Waals surface area contributed by atoms with E-state index >= 15 is 0 Å². The van der Waals surface area contributed by atoms with Gasteiger partial charge in [0.05, 0.1) is 23.6 Å². The molecule has 1 aliphatic heterocycles. The second kappa shape index (κ2) is 9.19. The van der Waals surface area contributed by atoms with E-state index in [4.69, 9.17) is 4.74 Å². The van der Waals surface area contributed by atoms with Crippen molar-refractivity contribution in [3.63, 3.8) is 0 Å². The molecule has 9 heteroatoms. The third-order valence-corrected chi connectivity index (χ3v) is 5.41. The number of non-ortho nitro benzene ring substituents is 1. The van der Waals surface area contributed by atoms with Crippen molar-refractivity contribution in [3.05, 3.63) is 74.8 Å². The Morgan fingerprint density at radius 1 is 1.22 bits per heavy atom. The summed E-state index contributed by atoms with van der Waals surface area (Å²) in [5.74, 6) is -1.32. The Morgan fingerprint density at radius 2 is 1.94 bits per heavy atom. The van der Waals surface area contributed by atoms with Crippen molar-refractivity contribution in [1.29, 1.82) is 0 Å². The fraction of sp³-hybridized carbons (Fsp3) is 0.304. The number of aliphatic hydroxyl groups is 1. The SMILES string of the molecule is COc1ccc(/C(O)=C2\C(=O)C(=O)N(CCN(C)C)[C@@H]2c2cccc([N+](=O)[O-])c2)c(C)c1. The van der Waals surface area contributed by atoms with E-state index in [2.05, 4.69) is 0 Å². The summed E-state index contributed by atoms with van der Waals surface area (Å²) in [6.45, 7) is 2.44. The van der Waals surface area contributed by atoms with Gasteiger partial charge in [-0.2, -0.15) is 0 Å². The van der Waals surface area contributed by atoms with Crippen molar-refractivity contribution in [1.82, 2.24) is 9.80 Å². The number of nitrogens with zero attached hydrogens (tertiary/aromatic N) is 3. The molecule has 9 nitrogen and oxygen atoms in total. The number of aliphatic hydroxyl groups excluding tert-OH is 1.